The number of rotatable bonds is 5. The third-order valence-electron chi connectivity index (χ3n) is 5.34. The van der Waals surface area contributed by atoms with Crippen LogP contribution in [0.1, 0.15) is 24.7 Å². The summed E-state index contributed by atoms with van der Waals surface area (Å²) < 4.78 is 16.1. The molecule has 1 aromatic heterocycles. The molecule has 1 saturated heterocycles. The van der Waals surface area contributed by atoms with E-state index in [0.717, 1.165) is 18.4 Å². The Bertz CT molecular complexity index is 1060. The van der Waals surface area contributed by atoms with E-state index in [2.05, 4.69) is 15.5 Å². The Hall–Kier alpha value is -3.26. The van der Waals surface area contributed by atoms with E-state index in [1.54, 1.807) is 43.4 Å². The van der Waals surface area contributed by atoms with E-state index in [4.69, 9.17) is 25.6 Å². The first-order valence-electron chi connectivity index (χ1n) is 9.95. The molecule has 0 spiro atoms. The van der Waals surface area contributed by atoms with Crippen LogP contribution in [0, 0.1) is 0 Å². The first kappa shape index (κ1) is 21.0. The number of hydrogen-bond donors (Lipinski definition) is 1. The largest absolute Gasteiger partial charge is 0.497 e. The molecule has 8 nitrogen and oxygen atoms in total. The zero-order valence-corrected chi connectivity index (χ0v) is 18.1. The minimum atomic E-state index is -0.188. The first-order valence-corrected chi connectivity index (χ1v) is 10.3. The monoisotopic (exact) mass is 442 g/mol. The van der Waals surface area contributed by atoms with E-state index in [1.807, 2.05) is 18.2 Å². The van der Waals surface area contributed by atoms with Crippen molar-refractivity contribution < 1.29 is 18.8 Å². The maximum atomic E-state index is 12.8. The maximum absolute atomic E-state index is 12.8. The summed E-state index contributed by atoms with van der Waals surface area (Å²) >= 11 is 6.23. The molecule has 0 unspecified atom stereocenters. The van der Waals surface area contributed by atoms with Crippen molar-refractivity contribution >= 4 is 23.3 Å². The molecule has 0 bridgehead atoms. The van der Waals surface area contributed by atoms with Crippen LogP contribution < -0.4 is 14.8 Å². The molecule has 162 valence electrons. The highest BCUT2D eigenvalue weighted by Gasteiger charge is 2.28. The number of anilines is 1. The van der Waals surface area contributed by atoms with E-state index < -0.39 is 0 Å². The van der Waals surface area contributed by atoms with Gasteiger partial charge in [0, 0.05) is 30.6 Å². The van der Waals surface area contributed by atoms with Crippen LogP contribution in [0.2, 0.25) is 5.02 Å². The molecule has 1 fully saturated rings. The van der Waals surface area contributed by atoms with Gasteiger partial charge in [0.25, 0.3) is 0 Å². The lowest BCUT2D eigenvalue weighted by Gasteiger charge is -2.30. The second kappa shape index (κ2) is 9.26. The van der Waals surface area contributed by atoms with Gasteiger partial charge < -0.3 is 24.2 Å². The van der Waals surface area contributed by atoms with Crippen LogP contribution in [0.25, 0.3) is 11.4 Å². The van der Waals surface area contributed by atoms with Gasteiger partial charge in [0.15, 0.2) is 0 Å². The molecular weight excluding hydrogens is 420 g/mol. The van der Waals surface area contributed by atoms with Gasteiger partial charge in [-0.2, -0.15) is 4.98 Å². The number of nitrogens with zero attached hydrogens (tertiary/aromatic N) is 3. The van der Waals surface area contributed by atoms with Crippen LogP contribution in [0.4, 0.5) is 10.5 Å². The number of benzene rings is 2. The number of amides is 2. The number of aromatic nitrogens is 2. The zero-order valence-electron chi connectivity index (χ0n) is 17.3. The summed E-state index contributed by atoms with van der Waals surface area (Å²) in [7, 11) is 3.14. The number of halogens is 1. The van der Waals surface area contributed by atoms with E-state index in [-0.39, 0.29) is 11.9 Å². The van der Waals surface area contributed by atoms with Gasteiger partial charge in [-0.05, 0) is 37.1 Å². The summed E-state index contributed by atoms with van der Waals surface area (Å²) in [6.07, 6.45) is 1.46. The van der Waals surface area contributed by atoms with Crippen LogP contribution in [0.5, 0.6) is 11.5 Å². The number of ether oxygens (including phenoxy) is 2. The van der Waals surface area contributed by atoms with Crippen molar-refractivity contribution in [2.45, 2.75) is 18.8 Å². The number of hydrogen-bond acceptors (Lipinski definition) is 6. The SMILES string of the molecule is COc1ccc(OC)c(NC(=O)N2CCC(c3nc(-c4ccccc4Cl)no3)CC2)c1. The molecule has 31 heavy (non-hydrogen) atoms. The van der Waals surface area contributed by atoms with Crippen molar-refractivity contribution in [3.63, 3.8) is 0 Å². The summed E-state index contributed by atoms with van der Waals surface area (Å²) in [5.41, 5.74) is 1.30. The quantitative estimate of drug-likeness (QED) is 0.609. The molecule has 3 aromatic rings. The van der Waals surface area contributed by atoms with Crippen LogP contribution in [0.15, 0.2) is 47.0 Å². The fourth-order valence-corrected chi connectivity index (χ4v) is 3.81. The molecule has 2 heterocycles. The molecule has 2 amide bonds. The number of methoxy groups -OCH3 is 2. The van der Waals surface area contributed by atoms with Gasteiger partial charge >= 0.3 is 6.03 Å². The third-order valence-corrected chi connectivity index (χ3v) is 5.67. The Balaban J connectivity index is 1.38. The maximum Gasteiger partial charge on any atom is 0.321 e. The van der Waals surface area contributed by atoms with Gasteiger partial charge in [-0.25, -0.2) is 4.79 Å². The van der Waals surface area contributed by atoms with Gasteiger partial charge in [-0.15, -0.1) is 0 Å². The molecular formula is C22H23ClN4O4. The van der Waals surface area contributed by atoms with Crippen molar-refractivity contribution in [2.24, 2.45) is 0 Å². The highest BCUT2D eigenvalue weighted by molar-refractivity contribution is 6.33. The Morgan fingerprint density at radius 3 is 2.65 bits per heavy atom. The van der Waals surface area contributed by atoms with E-state index >= 15 is 0 Å². The lowest BCUT2D eigenvalue weighted by atomic mass is 9.97. The van der Waals surface area contributed by atoms with Crippen LogP contribution in [0.3, 0.4) is 0 Å². The minimum Gasteiger partial charge on any atom is -0.497 e. The third kappa shape index (κ3) is 4.59. The number of carbonyl (C=O) groups excluding carboxylic acids is 1. The Labute approximate surface area is 185 Å². The smallest absolute Gasteiger partial charge is 0.321 e. The number of piperidine rings is 1. The predicted molar refractivity (Wildman–Crippen MR) is 117 cm³/mol. The van der Waals surface area contributed by atoms with Gasteiger partial charge in [0.05, 0.1) is 24.9 Å². The summed E-state index contributed by atoms with van der Waals surface area (Å²) in [4.78, 5) is 19.1. The number of likely N-dealkylation sites (tertiary alicyclic amines) is 1. The first-order chi connectivity index (χ1) is 15.1. The number of nitrogens with one attached hydrogen (secondary N) is 1. The lowest BCUT2D eigenvalue weighted by Crippen LogP contribution is -2.40. The zero-order chi connectivity index (χ0) is 21.8. The van der Waals surface area contributed by atoms with E-state index in [0.29, 0.717) is 47.0 Å². The highest BCUT2D eigenvalue weighted by Crippen LogP contribution is 2.32. The van der Waals surface area contributed by atoms with Crippen LogP contribution >= 0.6 is 11.6 Å². The molecule has 4 rings (SSSR count). The summed E-state index contributed by atoms with van der Waals surface area (Å²) in [6.45, 7) is 1.15. The summed E-state index contributed by atoms with van der Waals surface area (Å²) in [5, 5.41) is 7.56. The Morgan fingerprint density at radius 1 is 1.16 bits per heavy atom. The van der Waals surface area contributed by atoms with Gasteiger partial charge in [-0.1, -0.05) is 28.9 Å². The molecule has 1 N–H and O–H groups in total. The molecule has 9 heteroatoms. The van der Waals surface area contributed by atoms with Crippen LogP contribution in [-0.4, -0.2) is 48.4 Å². The number of carbonyl (C=O) groups is 1. The molecule has 0 atom stereocenters. The molecule has 0 radical (unpaired) electrons. The van der Waals surface area contributed by atoms with E-state index in [9.17, 15) is 4.79 Å². The summed E-state index contributed by atoms with van der Waals surface area (Å²) in [6, 6.07) is 12.5. The Kier molecular flexibility index (Phi) is 6.27. The predicted octanol–water partition coefficient (Wildman–Crippen LogP) is 4.82. The van der Waals surface area contributed by atoms with Crippen molar-refractivity contribution in [1.82, 2.24) is 15.0 Å². The second-order valence-electron chi connectivity index (χ2n) is 7.19. The van der Waals surface area contributed by atoms with Gasteiger partial charge in [0.2, 0.25) is 11.7 Å². The molecule has 1 aliphatic heterocycles. The van der Waals surface area contributed by atoms with E-state index in [1.165, 1.54) is 0 Å². The van der Waals surface area contributed by atoms with Crippen molar-refractivity contribution in [2.75, 3.05) is 32.6 Å². The fourth-order valence-electron chi connectivity index (χ4n) is 3.59. The topological polar surface area (TPSA) is 89.7 Å². The van der Waals surface area contributed by atoms with Crippen molar-refractivity contribution in [1.29, 1.82) is 0 Å². The van der Waals surface area contributed by atoms with Crippen molar-refractivity contribution in [3.05, 3.63) is 53.4 Å². The standard InChI is InChI=1S/C22H23ClN4O4/c1-29-15-7-8-19(30-2)18(13-15)24-22(28)27-11-9-14(10-12-27)21-25-20(26-31-21)16-5-3-4-6-17(16)23/h3-8,13-14H,9-12H2,1-2H3,(H,24,28). The van der Waals surface area contributed by atoms with Gasteiger partial charge in [-0.3, -0.25) is 0 Å². The average Bonchev–Trinajstić information content (AvgIpc) is 3.29. The fraction of sp³-hybridized carbons (Fsp3) is 0.318. The molecule has 1 aliphatic rings. The Morgan fingerprint density at radius 2 is 1.94 bits per heavy atom. The van der Waals surface area contributed by atoms with Gasteiger partial charge in [0.1, 0.15) is 11.5 Å². The minimum absolute atomic E-state index is 0.0964. The second-order valence-corrected chi connectivity index (χ2v) is 7.60. The van der Waals surface area contributed by atoms with Crippen molar-refractivity contribution in [3.8, 4) is 22.9 Å². The molecule has 2 aromatic carbocycles. The summed E-state index contributed by atoms with van der Waals surface area (Å²) in [5.74, 6) is 2.36. The average molecular weight is 443 g/mol. The number of urea groups is 1. The normalized spacial score (nSPS) is 14.4. The highest BCUT2D eigenvalue weighted by atomic mass is 35.5. The molecule has 0 aliphatic carbocycles. The lowest BCUT2D eigenvalue weighted by molar-refractivity contribution is 0.187. The molecule has 0 saturated carbocycles. The van der Waals surface area contributed by atoms with Crippen LogP contribution in [-0.2, 0) is 0 Å².